The van der Waals surface area contributed by atoms with E-state index in [1.807, 2.05) is 0 Å². The standard InChI is InChI=1S/C10H12ClNO5S/c11-5-6-17-7-8-18(15,16)10-3-1-9(2-4-10)12(13)14/h1-4H,5-8H2. The molecule has 100 valence electrons. The fourth-order valence-electron chi connectivity index (χ4n) is 1.22. The summed E-state index contributed by atoms with van der Waals surface area (Å²) in [5.41, 5.74) is -0.146. The van der Waals surface area contributed by atoms with Crippen LogP contribution >= 0.6 is 11.6 Å². The maximum Gasteiger partial charge on any atom is 0.269 e. The maximum atomic E-state index is 11.8. The van der Waals surface area contributed by atoms with Crippen LogP contribution in [0.1, 0.15) is 0 Å². The van der Waals surface area contributed by atoms with E-state index in [1.165, 1.54) is 12.1 Å². The molecule has 0 atom stereocenters. The molecule has 0 aliphatic carbocycles. The van der Waals surface area contributed by atoms with Gasteiger partial charge in [-0.2, -0.15) is 0 Å². The van der Waals surface area contributed by atoms with Gasteiger partial charge >= 0.3 is 0 Å². The summed E-state index contributed by atoms with van der Waals surface area (Å²) in [4.78, 5) is 9.89. The number of nitrogens with zero attached hydrogens (tertiary/aromatic N) is 1. The quantitative estimate of drug-likeness (QED) is 0.330. The van der Waals surface area contributed by atoms with Gasteiger partial charge in [-0.15, -0.1) is 11.6 Å². The van der Waals surface area contributed by atoms with Gasteiger partial charge in [-0.1, -0.05) is 0 Å². The van der Waals surface area contributed by atoms with E-state index in [0.29, 0.717) is 5.88 Å². The van der Waals surface area contributed by atoms with E-state index in [9.17, 15) is 18.5 Å². The van der Waals surface area contributed by atoms with Crippen molar-refractivity contribution in [2.24, 2.45) is 0 Å². The Kier molecular flexibility index (Phi) is 5.52. The Hall–Kier alpha value is -1.18. The van der Waals surface area contributed by atoms with Crippen LogP contribution < -0.4 is 0 Å². The molecule has 0 heterocycles. The fourth-order valence-corrected chi connectivity index (χ4v) is 2.45. The lowest BCUT2D eigenvalue weighted by molar-refractivity contribution is -0.384. The number of non-ortho nitro benzene ring substituents is 1. The van der Waals surface area contributed by atoms with Crippen molar-refractivity contribution >= 4 is 27.1 Å². The molecule has 0 aromatic heterocycles. The van der Waals surface area contributed by atoms with E-state index < -0.39 is 14.8 Å². The van der Waals surface area contributed by atoms with Gasteiger partial charge in [-0.05, 0) is 12.1 Å². The third kappa shape index (κ3) is 4.25. The van der Waals surface area contributed by atoms with Crippen molar-refractivity contribution in [3.8, 4) is 0 Å². The second-order valence-corrected chi connectivity index (χ2v) is 5.86. The van der Waals surface area contributed by atoms with E-state index in [4.69, 9.17) is 16.3 Å². The number of benzene rings is 1. The van der Waals surface area contributed by atoms with Crippen LogP contribution in [0.15, 0.2) is 29.2 Å². The Morgan fingerprint density at radius 1 is 1.22 bits per heavy atom. The zero-order valence-electron chi connectivity index (χ0n) is 9.41. The SMILES string of the molecule is O=[N+]([O-])c1ccc(S(=O)(=O)CCOCCCl)cc1. The summed E-state index contributed by atoms with van der Waals surface area (Å²) < 4.78 is 28.6. The normalized spacial score (nSPS) is 11.4. The van der Waals surface area contributed by atoms with Crippen LogP contribution in [0.4, 0.5) is 5.69 Å². The zero-order chi connectivity index (χ0) is 13.6. The number of hydrogen-bond donors (Lipinski definition) is 0. The minimum absolute atomic E-state index is 0.0440. The number of halogens is 1. The molecule has 6 nitrogen and oxygen atoms in total. The number of alkyl halides is 1. The maximum absolute atomic E-state index is 11.8. The van der Waals surface area contributed by atoms with Crippen LogP contribution in [0.3, 0.4) is 0 Å². The molecule has 1 aromatic rings. The Morgan fingerprint density at radius 3 is 2.33 bits per heavy atom. The van der Waals surface area contributed by atoms with E-state index in [-0.39, 0.29) is 29.5 Å². The van der Waals surface area contributed by atoms with Crippen molar-refractivity contribution < 1.29 is 18.1 Å². The molecule has 0 aliphatic heterocycles. The minimum Gasteiger partial charge on any atom is -0.379 e. The highest BCUT2D eigenvalue weighted by Crippen LogP contribution is 2.16. The molecule has 0 unspecified atom stereocenters. The molecule has 0 bridgehead atoms. The van der Waals surface area contributed by atoms with E-state index in [2.05, 4.69) is 0 Å². The molecule has 0 N–H and O–H groups in total. The number of sulfone groups is 1. The molecule has 8 heteroatoms. The first kappa shape index (κ1) is 14.9. The molecule has 0 radical (unpaired) electrons. The van der Waals surface area contributed by atoms with Crippen molar-refractivity contribution in [2.45, 2.75) is 4.90 Å². The topological polar surface area (TPSA) is 86.5 Å². The van der Waals surface area contributed by atoms with E-state index >= 15 is 0 Å². The molecule has 18 heavy (non-hydrogen) atoms. The summed E-state index contributed by atoms with van der Waals surface area (Å²) >= 11 is 5.38. The van der Waals surface area contributed by atoms with E-state index in [1.54, 1.807) is 0 Å². The first-order valence-electron chi connectivity index (χ1n) is 5.08. The van der Waals surface area contributed by atoms with Crippen LogP contribution in [0.25, 0.3) is 0 Å². The Morgan fingerprint density at radius 2 is 1.83 bits per heavy atom. The van der Waals surface area contributed by atoms with Crippen LogP contribution in [-0.2, 0) is 14.6 Å². The summed E-state index contributed by atoms with van der Waals surface area (Å²) in [6, 6.07) is 4.75. The summed E-state index contributed by atoms with van der Waals surface area (Å²) in [5.74, 6) is 0.124. The van der Waals surface area contributed by atoms with Gasteiger partial charge in [0.2, 0.25) is 0 Å². The first-order valence-corrected chi connectivity index (χ1v) is 7.27. The molecule has 0 saturated heterocycles. The number of nitro benzene ring substituents is 1. The number of nitro groups is 1. The molecule has 1 aromatic carbocycles. The molecular weight excluding hydrogens is 282 g/mol. The predicted molar refractivity (Wildman–Crippen MR) is 66.7 cm³/mol. The van der Waals surface area contributed by atoms with Crippen molar-refractivity contribution in [3.63, 3.8) is 0 Å². The lowest BCUT2D eigenvalue weighted by Gasteiger charge is -2.04. The summed E-state index contributed by atoms with van der Waals surface area (Å²) in [7, 11) is -3.47. The average Bonchev–Trinajstić information content (AvgIpc) is 2.35. The highest BCUT2D eigenvalue weighted by atomic mass is 35.5. The average molecular weight is 294 g/mol. The van der Waals surface area contributed by atoms with Gasteiger partial charge in [0.25, 0.3) is 5.69 Å². The fraction of sp³-hybridized carbons (Fsp3) is 0.400. The van der Waals surface area contributed by atoms with Gasteiger partial charge in [0, 0.05) is 18.0 Å². The number of ether oxygens (including phenoxy) is 1. The van der Waals surface area contributed by atoms with Crippen LogP contribution in [-0.4, -0.2) is 38.2 Å². The largest absolute Gasteiger partial charge is 0.379 e. The second kappa shape index (κ2) is 6.67. The summed E-state index contributed by atoms with van der Waals surface area (Å²) in [5, 5.41) is 10.4. The molecule has 1 rings (SSSR count). The van der Waals surface area contributed by atoms with Gasteiger partial charge in [-0.3, -0.25) is 10.1 Å². The number of rotatable bonds is 7. The van der Waals surface area contributed by atoms with Crippen molar-refractivity contribution in [2.75, 3.05) is 24.8 Å². The predicted octanol–water partition coefficient (Wildman–Crippen LogP) is 1.62. The Balaban J connectivity index is 2.70. The highest BCUT2D eigenvalue weighted by Gasteiger charge is 2.15. The molecule has 0 saturated carbocycles. The van der Waals surface area contributed by atoms with Crippen LogP contribution in [0.5, 0.6) is 0 Å². The Labute approximate surface area is 110 Å². The molecule has 0 fully saturated rings. The lowest BCUT2D eigenvalue weighted by atomic mass is 10.3. The second-order valence-electron chi connectivity index (χ2n) is 3.37. The zero-order valence-corrected chi connectivity index (χ0v) is 11.0. The van der Waals surface area contributed by atoms with Crippen molar-refractivity contribution in [1.29, 1.82) is 0 Å². The molecule has 0 aliphatic rings. The van der Waals surface area contributed by atoms with Gasteiger partial charge in [-0.25, -0.2) is 8.42 Å². The van der Waals surface area contributed by atoms with Crippen molar-refractivity contribution in [3.05, 3.63) is 34.4 Å². The first-order chi connectivity index (χ1) is 8.47. The smallest absolute Gasteiger partial charge is 0.269 e. The monoisotopic (exact) mass is 293 g/mol. The summed E-state index contributed by atoms with van der Waals surface area (Å²) in [6.07, 6.45) is 0. The van der Waals surface area contributed by atoms with Gasteiger partial charge < -0.3 is 4.74 Å². The van der Waals surface area contributed by atoms with Crippen molar-refractivity contribution in [1.82, 2.24) is 0 Å². The van der Waals surface area contributed by atoms with E-state index in [0.717, 1.165) is 12.1 Å². The molecular formula is C10H12ClNO5S. The van der Waals surface area contributed by atoms with Gasteiger partial charge in [0.15, 0.2) is 9.84 Å². The molecule has 0 amide bonds. The van der Waals surface area contributed by atoms with Gasteiger partial charge in [0.1, 0.15) is 0 Å². The Bertz CT molecular complexity index is 500. The third-order valence-electron chi connectivity index (χ3n) is 2.12. The van der Waals surface area contributed by atoms with Crippen LogP contribution in [0.2, 0.25) is 0 Å². The number of hydrogen-bond acceptors (Lipinski definition) is 5. The van der Waals surface area contributed by atoms with Crippen LogP contribution in [0, 0.1) is 10.1 Å². The third-order valence-corrected chi connectivity index (χ3v) is 3.97. The summed E-state index contributed by atoms with van der Waals surface area (Å²) in [6.45, 7) is 0.337. The minimum atomic E-state index is -3.47. The van der Waals surface area contributed by atoms with Gasteiger partial charge in [0.05, 0.1) is 28.8 Å². The molecule has 0 spiro atoms. The highest BCUT2D eigenvalue weighted by molar-refractivity contribution is 7.91. The lowest BCUT2D eigenvalue weighted by Crippen LogP contribution is -2.13.